The SMILES string of the molecule is CC[CH]C(=O)Oc1ccccc1C=O. The van der Waals surface area contributed by atoms with Crippen molar-refractivity contribution in [1.82, 2.24) is 0 Å². The van der Waals surface area contributed by atoms with Gasteiger partial charge in [0.25, 0.3) is 0 Å². The molecule has 3 heteroatoms. The van der Waals surface area contributed by atoms with Crippen LogP contribution in [-0.2, 0) is 4.79 Å². The lowest BCUT2D eigenvalue weighted by Gasteiger charge is -2.04. The zero-order chi connectivity index (χ0) is 10.4. The fourth-order valence-corrected chi connectivity index (χ4v) is 0.988. The maximum Gasteiger partial charge on any atom is 0.315 e. The third kappa shape index (κ3) is 2.69. The monoisotopic (exact) mass is 191 g/mol. The van der Waals surface area contributed by atoms with Gasteiger partial charge in [-0.3, -0.25) is 9.59 Å². The molecule has 0 fully saturated rings. The van der Waals surface area contributed by atoms with Gasteiger partial charge in [0.15, 0.2) is 6.29 Å². The van der Waals surface area contributed by atoms with Gasteiger partial charge >= 0.3 is 5.97 Å². The molecule has 0 unspecified atom stereocenters. The second kappa shape index (κ2) is 5.17. The molecule has 0 aromatic heterocycles. The van der Waals surface area contributed by atoms with Crippen molar-refractivity contribution in [2.45, 2.75) is 13.3 Å². The van der Waals surface area contributed by atoms with Crippen LogP contribution in [-0.4, -0.2) is 12.3 Å². The summed E-state index contributed by atoms with van der Waals surface area (Å²) >= 11 is 0. The predicted molar refractivity (Wildman–Crippen MR) is 52.1 cm³/mol. The van der Waals surface area contributed by atoms with Crippen LogP contribution in [0.4, 0.5) is 0 Å². The summed E-state index contributed by atoms with van der Waals surface area (Å²) in [5, 5.41) is 0. The molecule has 1 aromatic carbocycles. The van der Waals surface area contributed by atoms with Gasteiger partial charge in [-0.25, -0.2) is 0 Å². The third-order valence-electron chi connectivity index (χ3n) is 1.63. The predicted octanol–water partition coefficient (Wildman–Crippen LogP) is 2.02. The van der Waals surface area contributed by atoms with Gasteiger partial charge in [0.2, 0.25) is 0 Å². The smallest absolute Gasteiger partial charge is 0.315 e. The van der Waals surface area contributed by atoms with Crippen LogP contribution in [0.25, 0.3) is 0 Å². The average molecular weight is 191 g/mol. The molecule has 0 heterocycles. The number of carbonyl (C=O) groups excluding carboxylic acids is 2. The van der Waals surface area contributed by atoms with Gasteiger partial charge in [0, 0.05) is 0 Å². The number of rotatable bonds is 4. The molecule has 3 nitrogen and oxygen atoms in total. The molecule has 0 aliphatic rings. The Morgan fingerprint density at radius 2 is 2.14 bits per heavy atom. The first-order valence-corrected chi connectivity index (χ1v) is 4.37. The number of carbonyl (C=O) groups is 2. The summed E-state index contributed by atoms with van der Waals surface area (Å²) in [5.74, 6) is -0.126. The van der Waals surface area contributed by atoms with Gasteiger partial charge in [0.1, 0.15) is 5.75 Å². The quantitative estimate of drug-likeness (QED) is 0.415. The van der Waals surface area contributed by atoms with Crippen molar-refractivity contribution in [2.75, 3.05) is 0 Å². The van der Waals surface area contributed by atoms with Gasteiger partial charge in [-0.1, -0.05) is 19.1 Å². The maximum absolute atomic E-state index is 11.1. The highest BCUT2D eigenvalue weighted by atomic mass is 16.5. The zero-order valence-electron chi connectivity index (χ0n) is 7.90. The molecule has 1 rings (SSSR count). The minimum absolute atomic E-state index is 0.303. The van der Waals surface area contributed by atoms with E-state index in [2.05, 4.69) is 0 Å². The van der Waals surface area contributed by atoms with E-state index in [-0.39, 0.29) is 0 Å². The number of hydrogen-bond donors (Lipinski definition) is 0. The lowest BCUT2D eigenvalue weighted by molar-refractivity contribution is -0.130. The number of ether oxygens (including phenoxy) is 1. The molecule has 1 radical (unpaired) electrons. The molecule has 0 saturated carbocycles. The Bertz CT molecular complexity index is 331. The summed E-state index contributed by atoms with van der Waals surface area (Å²) < 4.78 is 4.95. The second-order valence-corrected chi connectivity index (χ2v) is 2.69. The Morgan fingerprint density at radius 1 is 1.43 bits per heavy atom. The summed E-state index contributed by atoms with van der Waals surface area (Å²) in [4.78, 5) is 21.7. The Morgan fingerprint density at radius 3 is 2.79 bits per heavy atom. The maximum atomic E-state index is 11.1. The molecule has 73 valence electrons. The van der Waals surface area contributed by atoms with Gasteiger partial charge in [0.05, 0.1) is 12.0 Å². The second-order valence-electron chi connectivity index (χ2n) is 2.69. The summed E-state index contributed by atoms with van der Waals surface area (Å²) in [6.45, 7) is 1.84. The van der Waals surface area contributed by atoms with Gasteiger partial charge in [-0.05, 0) is 18.6 Å². The first kappa shape index (κ1) is 10.4. The largest absolute Gasteiger partial charge is 0.426 e. The highest BCUT2D eigenvalue weighted by Crippen LogP contribution is 2.16. The van der Waals surface area contributed by atoms with Crippen LogP contribution in [0.15, 0.2) is 24.3 Å². The van der Waals surface area contributed by atoms with Crippen molar-refractivity contribution in [3.8, 4) is 5.75 Å². The molecule has 0 N–H and O–H groups in total. The zero-order valence-corrected chi connectivity index (χ0v) is 7.90. The Labute approximate surface area is 82.7 Å². The fraction of sp³-hybridized carbons (Fsp3) is 0.182. The van der Waals surface area contributed by atoms with Crippen molar-refractivity contribution in [3.05, 3.63) is 36.2 Å². The lowest BCUT2D eigenvalue weighted by atomic mass is 10.2. The standard InChI is InChI=1S/C11H11O3/c1-2-5-11(13)14-10-7-4-3-6-9(10)8-12/h3-8H,2H2,1H3. The number of esters is 1. The van der Waals surface area contributed by atoms with E-state index in [1.54, 1.807) is 24.3 Å². The van der Waals surface area contributed by atoms with Crippen LogP contribution in [0.1, 0.15) is 23.7 Å². The summed E-state index contributed by atoms with van der Waals surface area (Å²) in [6.07, 6.45) is 2.69. The third-order valence-corrected chi connectivity index (χ3v) is 1.63. The average Bonchev–Trinajstić information content (AvgIpc) is 2.19. The van der Waals surface area contributed by atoms with E-state index in [1.165, 1.54) is 6.42 Å². The molecule has 0 bridgehead atoms. The topological polar surface area (TPSA) is 43.4 Å². The molecule has 0 aliphatic carbocycles. The summed E-state index contributed by atoms with van der Waals surface area (Å²) in [5.41, 5.74) is 0.380. The Hall–Kier alpha value is -1.64. The summed E-state index contributed by atoms with van der Waals surface area (Å²) in [7, 11) is 0. The first-order valence-electron chi connectivity index (χ1n) is 4.37. The van der Waals surface area contributed by atoms with E-state index >= 15 is 0 Å². The molecular formula is C11H11O3. The van der Waals surface area contributed by atoms with Crippen molar-refractivity contribution in [3.63, 3.8) is 0 Å². The van der Waals surface area contributed by atoms with Crippen LogP contribution >= 0.6 is 0 Å². The van der Waals surface area contributed by atoms with Crippen molar-refractivity contribution >= 4 is 12.3 Å². The minimum atomic E-state index is -0.429. The van der Waals surface area contributed by atoms with Crippen LogP contribution in [0.5, 0.6) is 5.75 Å². The lowest BCUT2D eigenvalue weighted by Crippen LogP contribution is -2.08. The van der Waals surface area contributed by atoms with Crippen LogP contribution in [0.2, 0.25) is 0 Å². The number of benzene rings is 1. The van der Waals surface area contributed by atoms with Crippen molar-refractivity contribution in [1.29, 1.82) is 0 Å². The van der Waals surface area contributed by atoms with E-state index in [0.29, 0.717) is 24.0 Å². The van der Waals surface area contributed by atoms with Gasteiger partial charge in [-0.15, -0.1) is 0 Å². The molecule has 0 saturated heterocycles. The van der Waals surface area contributed by atoms with Gasteiger partial charge in [-0.2, -0.15) is 0 Å². The van der Waals surface area contributed by atoms with E-state index in [9.17, 15) is 9.59 Å². The highest BCUT2D eigenvalue weighted by molar-refractivity contribution is 5.85. The molecule has 14 heavy (non-hydrogen) atoms. The van der Waals surface area contributed by atoms with Gasteiger partial charge < -0.3 is 4.74 Å². The number of hydrogen-bond acceptors (Lipinski definition) is 3. The highest BCUT2D eigenvalue weighted by Gasteiger charge is 2.06. The molecular weight excluding hydrogens is 180 g/mol. The minimum Gasteiger partial charge on any atom is -0.426 e. The molecule has 0 atom stereocenters. The van der Waals surface area contributed by atoms with Crippen LogP contribution in [0.3, 0.4) is 0 Å². The first-order chi connectivity index (χ1) is 6.77. The number of para-hydroxylation sites is 1. The van der Waals surface area contributed by atoms with Crippen LogP contribution in [0, 0.1) is 6.42 Å². The van der Waals surface area contributed by atoms with E-state index < -0.39 is 5.97 Å². The fourth-order valence-electron chi connectivity index (χ4n) is 0.988. The van der Waals surface area contributed by atoms with Crippen molar-refractivity contribution in [2.24, 2.45) is 0 Å². The normalized spacial score (nSPS) is 9.50. The Kier molecular flexibility index (Phi) is 3.85. The van der Waals surface area contributed by atoms with Crippen LogP contribution < -0.4 is 4.74 Å². The van der Waals surface area contributed by atoms with E-state index in [4.69, 9.17) is 4.74 Å². The van der Waals surface area contributed by atoms with Crippen molar-refractivity contribution < 1.29 is 14.3 Å². The number of aldehydes is 1. The van der Waals surface area contributed by atoms with E-state index in [1.807, 2.05) is 6.92 Å². The molecule has 0 aliphatic heterocycles. The van der Waals surface area contributed by atoms with E-state index in [0.717, 1.165) is 0 Å². The molecule has 0 spiro atoms. The molecule has 0 amide bonds. The summed E-state index contributed by atoms with van der Waals surface area (Å²) in [6, 6.07) is 6.61. The molecule has 1 aromatic rings. The Balaban J connectivity index is 2.75.